The molecule has 0 aromatic carbocycles. The van der Waals surface area contributed by atoms with Crippen LogP contribution < -0.4 is 17.3 Å². The van der Waals surface area contributed by atoms with Crippen molar-refractivity contribution in [3.63, 3.8) is 0 Å². The summed E-state index contributed by atoms with van der Waals surface area (Å²) in [7, 11) is 0. The van der Waals surface area contributed by atoms with E-state index in [1.807, 2.05) is 0 Å². The van der Waals surface area contributed by atoms with Gasteiger partial charge in [0.25, 0.3) is 0 Å². The summed E-state index contributed by atoms with van der Waals surface area (Å²) in [4.78, 5) is 1.53. The van der Waals surface area contributed by atoms with Gasteiger partial charge in [-0.2, -0.15) is 0 Å². The summed E-state index contributed by atoms with van der Waals surface area (Å²) in [6.45, 7) is 5.63. The van der Waals surface area contributed by atoms with Crippen molar-refractivity contribution in [2.75, 3.05) is 6.54 Å². The molecule has 1 aliphatic heterocycles. The smallest absolute Gasteiger partial charge is 0.112 e. The Labute approximate surface area is 75.2 Å². The van der Waals surface area contributed by atoms with Crippen molar-refractivity contribution in [1.82, 2.24) is 0 Å². The molecule has 0 saturated carbocycles. The molecule has 1 atom stereocenters. The maximum Gasteiger partial charge on any atom is 0.112 e. The van der Waals surface area contributed by atoms with Crippen LogP contribution in [0.5, 0.6) is 0 Å². The maximum absolute atomic E-state index is 2.24. The van der Waals surface area contributed by atoms with Gasteiger partial charge in [0.2, 0.25) is 0 Å². The van der Waals surface area contributed by atoms with E-state index in [0.717, 1.165) is 0 Å². The lowest BCUT2D eigenvalue weighted by molar-refractivity contribution is -0.801. The average molecular weight is 174 g/mol. The van der Waals surface area contributed by atoms with E-state index in [1.165, 1.54) is 24.3 Å². The highest BCUT2D eigenvalue weighted by Crippen LogP contribution is 2.00. The van der Waals surface area contributed by atoms with Crippen LogP contribution in [0, 0.1) is 0 Å². The third kappa shape index (κ3) is 2.68. The van der Waals surface area contributed by atoms with E-state index in [1.54, 1.807) is 5.70 Å². The van der Waals surface area contributed by atoms with Crippen molar-refractivity contribution >= 4 is 0 Å². The first-order chi connectivity index (χ1) is 4.88. The van der Waals surface area contributed by atoms with Crippen LogP contribution in [0.1, 0.15) is 26.7 Å². The van der Waals surface area contributed by atoms with E-state index < -0.39 is 0 Å². The molecule has 0 bridgehead atoms. The van der Waals surface area contributed by atoms with Crippen LogP contribution in [0.25, 0.3) is 0 Å². The number of nitrogens with one attached hydrogen (secondary N) is 1. The molecule has 0 fully saturated rings. The quantitative estimate of drug-likeness (QED) is 0.509. The standard InChI is InChI=1S/C9H15N.ClH/c1-3-6-9-7-5-8-10(9)4-2;/h5,7-8H,3-4,6H2,1-2H3;1H. The Morgan fingerprint density at radius 1 is 1.36 bits per heavy atom. The van der Waals surface area contributed by atoms with Gasteiger partial charge in [-0.15, -0.1) is 0 Å². The van der Waals surface area contributed by atoms with Gasteiger partial charge in [0, 0.05) is 12.5 Å². The van der Waals surface area contributed by atoms with Crippen LogP contribution in [0.2, 0.25) is 0 Å². The summed E-state index contributed by atoms with van der Waals surface area (Å²) in [5.74, 6) is 0. The van der Waals surface area contributed by atoms with Gasteiger partial charge >= 0.3 is 0 Å². The summed E-state index contributed by atoms with van der Waals surface area (Å²) < 4.78 is 0. The minimum Gasteiger partial charge on any atom is -1.00 e. The van der Waals surface area contributed by atoms with Crippen molar-refractivity contribution < 1.29 is 17.3 Å². The van der Waals surface area contributed by atoms with Crippen molar-refractivity contribution in [2.45, 2.75) is 26.7 Å². The van der Waals surface area contributed by atoms with Gasteiger partial charge < -0.3 is 12.4 Å². The second-order valence-corrected chi connectivity index (χ2v) is 2.68. The molecule has 0 aromatic heterocycles. The Bertz CT molecular complexity index is 161. The van der Waals surface area contributed by atoms with Crippen LogP contribution >= 0.6 is 0 Å². The number of hydrogen-bond donors (Lipinski definition) is 1. The first-order valence-electron chi connectivity index (χ1n) is 4.12. The predicted molar refractivity (Wildman–Crippen MR) is 43.6 cm³/mol. The van der Waals surface area contributed by atoms with E-state index in [-0.39, 0.29) is 12.4 Å². The lowest BCUT2D eigenvalue weighted by atomic mass is 10.2. The van der Waals surface area contributed by atoms with Crippen LogP contribution in [-0.4, -0.2) is 6.54 Å². The van der Waals surface area contributed by atoms with Crippen molar-refractivity contribution in [3.8, 4) is 0 Å². The number of allylic oxidation sites excluding steroid dienone is 3. The van der Waals surface area contributed by atoms with Gasteiger partial charge in [0.1, 0.15) is 5.70 Å². The van der Waals surface area contributed by atoms with Crippen molar-refractivity contribution in [3.05, 3.63) is 24.0 Å². The third-order valence-electron chi connectivity index (χ3n) is 1.91. The topological polar surface area (TPSA) is 4.44 Å². The maximum atomic E-state index is 2.24. The molecular weight excluding hydrogens is 158 g/mol. The summed E-state index contributed by atoms with van der Waals surface area (Å²) in [5.41, 5.74) is 1.55. The third-order valence-corrected chi connectivity index (χ3v) is 1.91. The molecule has 11 heavy (non-hydrogen) atoms. The van der Waals surface area contributed by atoms with Crippen molar-refractivity contribution in [1.29, 1.82) is 0 Å². The molecule has 0 saturated heterocycles. The average Bonchev–Trinajstić information content (AvgIpc) is 2.36. The minimum absolute atomic E-state index is 0. The Morgan fingerprint density at radius 2 is 2.09 bits per heavy atom. The minimum atomic E-state index is 0. The molecule has 1 unspecified atom stereocenters. The van der Waals surface area contributed by atoms with E-state index >= 15 is 0 Å². The summed E-state index contributed by atoms with van der Waals surface area (Å²) in [5, 5.41) is 0. The molecule has 0 spiro atoms. The largest absolute Gasteiger partial charge is 1.00 e. The normalized spacial score (nSPS) is 21.3. The summed E-state index contributed by atoms with van der Waals surface area (Å²) in [6, 6.07) is 0. The molecule has 1 aliphatic rings. The van der Waals surface area contributed by atoms with E-state index in [9.17, 15) is 0 Å². The van der Waals surface area contributed by atoms with Gasteiger partial charge in [-0.3, -0.25) is 4.90 Å². The van der Waals surface area contributed by atoms with Gasteiger partial charge in [-0.05, 0) is 19.4 Å². The number of hydrogen-bond acceptors (Lipinski definition) is 0. The molecule has 1 heterocycles. The molecule has 64 valence electrons. The highest BCUT2D eigenvalue weighted by molar-refractivity contribution is 5.10. The lowest BCUT2D eigenvalue weighted by Crippen LogP contribution is -3.04. The zero-order valence-corrected chi connectivity index (χ0v) is 7.99. The zero-order chi connectivity index (χ0) is 7.40. The second-order valence-electron chi connectivity index (χ2n) is 2.68. The molecule has 0 aliphatic carbocycles. The van der Waals surface area contributed by atoms with Crippen LogP contribution in [0.3, 0.4) is 0 Å². The molecule has 1 N–H and O–H groups in total. The fraction of sp³-hybridized carbons (Fsp3) is 0.556. The Morgan fingerprint density at radius 3 is 2.64 bits per heavy atom. The highest BCUT2D eigenvalue weighted by Gasteiger charge is 2.12. The van der Waals surface area contributed by atoms with Gasteiger partial charge in [-0.25, -0.2) is 0 Å². The second kappa shape index (κ2) is 5.39. The first-order valence-corrected chi connectivity index (χ1v) is 4.12. The molecule has 1 nitrogen and oxygen atoms in total. The number of quaternary nitrogens is 1. The summed E-state index contributed by atoms with van der Waals surface area (Å²) >= 11 is 0. The fourth-order valence-electron chi connectivity index (χ4n) is 1.35. The predicted octanol–water partition coefficient (Wildman–Crippen LogP) is -1.89. The van der Waals surface area contributed by atoms with Crippen molar-refractivity contribution in [2.24, 2.45) is 0 Å². The molecule has 0 aromatic rings. The Kier molecular flexibility index (Phi) is 5.26. The highest BCUT2D eigenvalue weighted by atomic mass is 35.5. The molecule has 0 amide bonds. The van der Waals surface area contributed by atoms with Crippen LogP contribution in [0.15, 0.2) is 24.0 Å². The van der Waals surface area contributed by atoms with E-state index in [4.69, 9.17) is 0 Å². The SMILES string of the molecule is CCCC1=CC=C[NH+]1CC.[Cl-]. The van der Waals surface area contributed by atoms with Gasteiger partial charge in [0.05, 0.1) is 12.7 Å². The van der Waals surface area contributed by atoms with E-state index in [0.29, 0.717) is 0 Å². The number of rotatable bonds is 3. The fourth-order valence-corrected chi connectivity index (χ4v) is 1.35. The van der Waals surface area contributed by atoms with E-state index in [2.05, 4.69) is 32.2 Å². The Balaban J connectivity index is 0.000001000. The molecule has 2 heteroatoms. The number of halogens is 1. The lowest BCUT2D eigenvalue weighted by Gasteiger charge is -2.10. The monoisotopic (exact) mass is 173 g/mol. The summed E-state index contributed by atoms with van der Waals surface area (Å²) in [6.07, 6.45) is 9.13. The zero-order valence-electron chi connectivity index (χ0n) is 7.23. The molecule has 0 radical (unpaired) electrons. The molecular formula is C9H16ClN. The van der Waals surface area contributed by atoms with Gasteiger partial charge in [0.15, 0.2) is 0 Å². The van der Waals surface area contributed by atoms with Crippen LogP contribution in [-0.2, 0) is 0 Å². The van der Waals surface area contributed by atoms with Gasteiger partial charge in [-0.1, -0.05) is 6.92 Å². The molecule has 1 rings (SSSR count). The Hall–Kier alpha value is -0.270. The van der Waals surface area contributed by atoms with Crippen LogP contribution in [0.4, 0.5) is 0 Å². The first kappa shape index (κ1) is 10.7.